The quantitative estimate of drug-likeness (QED) is 0.882. The van der Waals surface area contributed by atoms with Crippen molar-refractivity contribution in [1.82, 2.24) is 10.3 Å². The third-order valence-corrected chi connectivity index (χ3v) is 4.69. The largest absolute Gasteiger partial charge is 0.325 e. The van der Waals surface area contributed by atoms with Gasteiger partial charge in [0.15, 0.2) is 0 Å². The second-order valence-corrected chi connectivity index (χ2v) is 6.14. The van der Waals surface area contributed by atoms with Crippen molar-refractivity contribution in [3.05, 3.63) is 23.7 Å². The second kappa shape index (κ2) is 5.26. The number of thiazole rings is 1. The molecule has 2 aromatic rings. The van der Waals surface area contributed by atoms with Gasteiger partial charge in [-0.1, -0.05) is 0 Å². The molecule has 3 rings (SSSR count). The van der Waals surface area contributed by atoms with Gasteiger partial charge >= 0.3 is 0 Å². The van der Waals surface area contributed by atoms with Crippen LogP contribution in [0.25, 0.3) is 10.2 Å². The average Bonchev–Trinajstić information content (AvgIpc) is 2.87. The van der Waals surface area contributed by atoms with Crippen LogP contribution in [0.3, 0.4) is 0 Å². The number of carbonyl (C=O) groups is 1. The molecule has 2 N–H and O–H groups in total. The standard InChI is InChI=1S/C12H13N3OS2/c16-12(10-6-17-4-3-13-10)15-8-1-2-9-11(5-8)18-7-14-9/h1-2,5,7,10,13H,3-4,6H2,(H,15,16). The van der Waals surface area contributed by atoms with Gasteiger partial charge in [-0.3, -0.25) is 4.79 Å². The number of hydrogen-bond acceptors (Lipinski definition) is 5. The molecule has 1 aliphatic heterocycles. The summed E-state index contributed by atoms with van der Waals surface area (Å²) in [6.45, 7) is 0.899. The summed E-state index contributed by atoms with van der Waals surface area (Å²) in [6, 6.07) is 5.72. The SMILES string of the molecule is O=C(Nc1ccc2ncsc2c1)C1CSCCN1. The molecule has 1 aromatic heterocycles. The van der Waals surface area contributed by atoms with Crippen LogP contribution < -0.4 is 10.6 Å². The molecule has 94 valence electrons. The monoisotopic (exact) mass is 279 g/mol. The molecule has 0 bridgehead atoms. The summed E-state index contributed by atoms with van der Waals surface area (Å²) >= 11 is 3.40. The summed E-state index contributed by atoms with van der Waals surface area (Å²) in [6.07, 6.45) is 0. The molecule has 4 nitrogen and oxygen atoms in total. The molecule has 6 heteroatoms. The third-order valence-electron chi connectivity index (χ3n) is 2.84. The Morgan fingerprint density at radius 1 is 1.50 bits per heavy atom. The van der Waals surface area contributed by atoms with E-state index in [4.69, 9.17) is 0 Å². The zero-order valence-corrected chi connectivity index (χ0v) is 11.3. The van der Waals surface area contributed by atoms with Crippen LogP contribution in [-0.2, 0) is 4.79 Å². The van der Waals surface area contributed by atoms with Crippen LogP contribution in [0, 0.1) is 0 Å². The Morgan fingerprint density at radius 3 is 3.28 bits per heavy atom. The lowest BCUT2D eigenvalue weighted by molar-refractivity contribution is -0.117. The van der Waals surface area contributed by atoms with E-state index in [-0.39, 0.29) is 11.9 Å². The topological polar surface area (TPSA) is 54.0 Å². The molecule has 18 heavy (non-hydrogen) atoms. The van der Waals surface area contributed by atoms with Crippen LogP contribution in [0.5, 0.6) is 0 Å². The van der Waals surface area contributed by atoms with Gasteiger partial charge in [0.1, 0.15) is 0 Å². The Labute approximate surface area is 113 Å². The molecule has 1 aliphatic rings. The summed E-state index contributed by atoms with van der Waals surface area (Å²) in [5, 5.41) is 6.19. The highest BCUT2D eigenvalue weighted by Crippen LogP contribution is 2.22. The Morgan fingerprint density at radius 2 is 2.44 bits per heavy atom. The van der Waals surface area contributed by atoms with Gasteiger partial charge in [-0.25, -0.2) is 4.98 Å². The second-order valence-electron chi connectivity index (χ2n) is 4.11. The van der Waals surface area contributed by atoms with E-state index < -0.39 is 0 Å². The van der Waals surface area contributed by atoms with Gasteiger partial charge in [-0.2, -0.15) is 11.8 Å². The number of amides is 1. The normalized spacial score (nSPS) is 19.9. The highest BCUT2D eigenvalue weighted by Gasteiger charge is 2.20. The summed E-state index contributed by atoms with van der Waals surface area (Å²) < 4.78 is 1.10. The molecule has 0 saturated carbocycles. The number of benzene rings is 1. The molecule has 0 aliphatic carbocycles. The summed E-state index contributed by atoms with van der Waals surface area (Å²) in [7, 11) is 0. The maximum Gasteiger partial charge on any atom is 0.242 e. The van der Waals surface area contributed by atoms with Crippen LogP contribution in [0.1, 0.15) is 0 Å². The van der Waals surface area contributed by atoms with Crippen molar-refractivity contribution >= 4 is 44.9 Å². The van der Waals surface area contributed by atoms with Gasteiger partial charge in [0.2, 0.25) is 5.91 Å². The third kappa shape index (κ3) is 2.50. The van der Waals surface area contributed by atoms with E-state index in [1.165, 1.54) is 0 Å². The molecule has 1 saturated heterocycles. The van der Waals surface area contributed by atoms with Gasteiger partial charge in [0.25, 0.3) is 0 Å². The molecular weight excluding hydrogens is 266 g/mol. The van der Waals surface area contributed by atoms with Crippen molar-refractivity contribution in [2.75, 3.05) is 23.4 Å². The Bertz CT molecular complexity index is 563. The highest BCUT2D eigenvalue weighted by atomic mass is 32.2. The van der Waals surface area contributed by atoms with Crippen molar-refractivity contribution in [3.8, 4) is 0 Å². The van der Waals surface area contributed by atoms with E-state index in [0.717, 1.165) is 34.0 Å². The smallest absolute Gasteiger partial charge is 0.242 e. The molecule has 1 atom stereocenters. The van der Waals surface area contributed by atoms with Crippen molar-refractivity contribution in [2.45, 2.75) is 6.04 Å². The van der Waals surface area contributed by atoms with Gasteiger partial charge in [-0.15, -0.1) is 11.3 Å². The van der Waals surface area contributed by atoms with E-state index in [1.54, 1.807) is 11.3 Å². The van der Waals surface area contributed by atoms with Gasteiger partial charge in [-0.05, 0) is 18.2 Å². The van der Waals surface area contributed by atoms with Crippen molar-refractivity contribution in [1.29, 1.82) is 0 Å². The molecule has 1 aromatic carbocycles. The van der Waals surface area contributed by atoms with E-state index in [1.807, 2.05) is 35.5 Å². The lowest BCUT2D eigenvalue weighted by Gasteiger charge is -2.22. The fraction of sp³-hybridized carbons (Fsp3) is 0.333. The number of hydrogen-bond donors (Lipinski definition) is 2. The number of fused-ring (bicyclic) bond motifs is 1. The molecule has 1 amide bonds. The van der Waals surface area contributed by atoms with Crippen molar-refractivity contribution in [2.24, 2.45) is 0 Å². The van der Waals surface area contributed by atoms with E-state index in [2.05, 4.69) is 15.6 Å². The van der Waals surface area contributed by atoms with Gasteiger partial charge < -0.3 is 10.6 Å². The van der Waals surface area contributed by atoms with Crippen LogP contribution in [0.15, 0.2) is 23.7 Å². The number of thioether (sulfide) groups is 1. The van der Waals surface area contributed by atoms with Gasteiger partial charge in [0.05, 0.1) is 21.8 Å². The zero-order valence-electron chi connectivity index (χ0n) is 9.68. The number of carbonyl (C=O) groups excluding carboxylic acids is 1. The van der Waals surface area contributed by atoms with Gasteiger partial charge in [0, 0.05) is 23.7 Å². The fourth-order valence-corrected chi connectivity index (χ4v) is 3.55. The first-order valence-electron chi connectivity index (χ1n) is 5.78. The summed E-state index contributed by atoms with van der Waals surface area (Å²) in [5.74, 6) is 1.97. The van der Waals surface area contributed by atoms with Crippen LogP contribution in [0.4, 0.5) is 5.69 Å². The number of nitrogens with zero attached hydrogens (tertiary/aromatic N) is 1. The van der Waals surface area contributed by atoms with E-state index >= 15 is 0 Å². The molecular formula is C12H13N3OS2. The van der Waals surface area contributed by atoms with E-state index in [0.29, 0.717) is 0 Å². The van der Waals surface area contributed by atoms with E-state index in [9.17, 15) is 4.79 Å². The first-order chi connectivity index (χ1) is 8.83. The van der Waals surface area contributed by atoms with Crippen molar-refractivity contribution in [3.63, 3.8) is 0 Å². The number of rotatable bonds is 2. The fourth-order valence-electron chi connectivity index (χ4n) is 1.90. The van der Waals surface area contributed by atoms with Crippen molar-refractivity contribution < 1.29 is 4.79 Å². The maximum absolute atomic E-state index is 12.0. The highest BCUT2D eigenvalue weighted by molar-refractivity contribution is 7.99. The first kappa shape index (κ1) is 12.0. The summed E-state index contributed by atoms with van der Waals surface area (Å²) in [4.78, 5) is 16.3. The molecule has 0 spiro atoms. The Balaban J connectivity index is 1.72. The predicted molar refractivity (Wildman–Crippen MR) is 77.4 cm³/mol. The minimum atomic E-state index is -0.0825. The van der Waals surface area contributed by atoms with Crippen LogP contribution >= 0.6 is 23.1 Å². The molecule has 1 fully saturated rings. The lowest BCUT2D eigenvalue weighted by Crippen LogP contribution is -2.46. The molecule has 0 radical (unpaired) electrons. The number of nitrogens with one attached hydrogen (secondary N) is 2. The summed E-state index contributed by atoms with van der Waals surface area (Å²) in [5.41, 5.74) is 3.63. The Hall–Kier alpha value is -1.11. The van der Waals surface area contributed by atoms with Crippen LogP contribution in [0.2, 0.25) is 0 Å². The first-order valence-corrected chi connectivity index (χ1v) is 7.81. The Kier molecular flexibility index (Phi) is 3.49. The number of aromatic nitrogens is 1. The predicted octanol–water partition coefficient (Wildman–Crippen LogP) is 1.94. The minimum Gasteiger partial charge on any atom is -0.325 e. The average molecular weight is 279 g/mol. The number of anilines is 1. The minimum absolute atomic E-state index is 0.0473. The molecule has 2 heterocycles. The lowest BCUT2D eigenvalue weighted by atomic mass is 10.2. The molecule has 1 unspecified atom stereocenters. The zero-order chi connectivity index (χ0) is 12.4. The van der Waals surface area contributed by atoms with Crippen LogP contribution in [-0.4, -0.2) is 35.0 Å². The maximum atomic E-state index is 12.0.